The molecule has 3 aromatic rings. The standard InChI is InChI=1S/C13H10N2O12S4.2Na/c16-28(17,18)10-7(6-4-2-1-3-5-6)8-9(15-13(14-8)31(25,26)27)11(29(19,20)21)12(10)30(22,23)24;;/h1-5H,(H,14,15)(H,16,17,18)(H,19,20,21)(H,22,23,24)(H,25,26,27);;. The number of aromatic nitrogens is 2. The molecule has 0 saturated carbocycles. The number of aromatic amines is 1. The summed E-state index contributed by atoms with van der Waals surface area (Å²) in [6, 6.07) is 6.41. The van der Waals surface area contributed by atoms with Crippen LogP contribution in [-0.4, -0.2) is 121 Å². The van der Waals surface area contributed by atoms with Gasteiger partial charge in [0, 0.05) is 64.7 Å². The second-order valence-corrected chi connectivity index (χ2v) is 11.3. The number of hydrogen-bond acceptors (Lipinski definition) is 9. The van der Waals surface area contributed by atoms with E-state index >= 15 is 0 Å². The van der Waals surface area contributed by atoms with Crippen LogP contribution in [0.1, 0.15) is 0 Å². The zero-order valence-electron chi connectivity index (χ0n) is 16.5. The van der Waals surface area contributed by atoms with Gasteiger partial charge in [-0.2, -0.15) is 33.7 Å². The van der Waals surface area contributed by atoms with Crippen molar-refractivity contribution in [2.75, 3.05) is 0 Å². The molecule has 0 spiro atoms. The van der Waals surface area contributed by atoms with Crippen LogP contribution in [0.15, 0.2) is 50.2 Å². The Hall–Kier alpha value is -0.450. The summed E-state index contributed by atoms with van der Waals surface area (Å²) in [5.74, 6) is 0. The number of fused-ring (bicyclic) bond motifs is 1. The van der Waals surface area contributed by atoms with Crippen LogP contribution in [0.25, 0.3) is 22.2 Å². The summed E-state index contributed by atoms with van der Waals surface area (Å²) in [6.45, 7) is 0. The summed E-state index contributed by atoms with van der Waals surface area (Å²) in [7, 11) is -22.4. The van der Waals surface area contributed by atoms with Crippen LogP contribution in [0.3, 0.4) is 0 Å². The Kier molecular flexibility index (Phi) is 9.17. The van der Waals surface area contributed by atoms with Crippen molar-refractivity contribution in [3.05, 3.63) is 30.3 Å². The molecular formula is C13H10N2Na2O12S4. The first kappa shape index (κ1) is 30.6. The van der Waals surface area contributed by atoms with E-state index in [1.807, 2.05) is 4.98 Å². The largest absolute Gasteiger partial charge is 0.328 e. The molecule has 20 heteroatoms. The molecule has 0 fully saturated rings. The third-order valence-corrected chi connectivity index (χ3v) is 7.57. The molecule has 5 N–H and O–H groups in total. The van der Waals surface area contributed by atoms with E-state index in [4.69, 9.17) is 0 Å². The Morgan fingerprint density at radius 2 is 1.09 bits per heavy atom. The van der Waals surface area contributed by atoms with E-state index in [1.54, 1.807) is 0 Å². The van der Waals surface area contributed by atoms with E-state index < -0.39 is 76.9 Å². The van der Waals surface area contributed by atoms with Gasteiger partial charge in [0.15, 0.2) is 0 Å². The summed E-state index contributed by atoms with van der Waals surface area (Å²) in [6.07, 6.45) is 0. The molecule has 0 saturated heterocycles. The topological polar surface area (TPSA) is 246 Å². The number of H-pyrrole nitrogens is 1. The van der Waals surface area contributed by atoms with E-state index in [2.05, 4.69) is 4.98 Å². The van der Waals surface area contributed by atoms with Gasteiger partial charge in [-0.25, -0.2) is 4.98 Å². The van der Waals surface area contributed by atoms with Crippen molar-refractivity contribution in [3.8, 4) is 11.1 Å². The van der Waals surface area contributed by atoms with Gasteiger partial charge in [0.2, 0.25) is 0 Å². The van der Waals surface area contributed by atoms with Crippen LogP contribution >= 0.6 is 0 Å². The van der Waals surface area contributed by atoms with Crippen LogP contribution in [0.5, 0.6) is 0 Å². The van der Waals surface area contributed by atoms with Crippen molar-refractivity contribution in [1.82, 2.24) is 9.97 Å². The number of nitrogens with one attached hydrogen (secondary N) is 1. The van der Waals surface area contributed by atoms with E-state index in [1.165, 1.54) is 18.2 Å². The molecule has 2 radical (unpaired) electrons. The fourth-order valence-corrected chi connectivity index (χ4v) is 6.83. The molecule has 0 aliphatic heterocycles. The molecule has 14 nitrogen and oxygen atoms in total. The summed E-state index contributed by atoms with van der Waals surface area (Å²) >= 11 is 0. The van der Waals surface area contributed by atoms with E-state index in [0.717, 1.165) is 12.1 Å². The van der Waals surface area contributed by atoms with Gasteiger partial charge in [-0.05, 0) is 5.56 Å². The van der Waals surface area contributed by atoms with E-state index in [-0.39, 0.29) is 64.7 Å². The average Bonchev–Trinajstić information content (AvgIpc) is 3.02. The average molecular weight is 560 g/mol. The van der Waals surface area contributed by atoms with Gasteiger partial charge in [-0.3, -0.25) is 18.2 Å². The fourth-order valence-electron chi connectivity index (χ4n) is 2.86. The van der Waals surface area contributed by atoms with Crippen LogP contribution in [0.4, 0.5) is 0 Å². The summed E-state index contributed by atoms with van der Waals surface area (Å²) < 4.78 is 133. The zero-order valence-corrected chi connectivity index (χ0v) is 23.8. The predicted octanol–water partition coefficient (Wildman–Crippen LogP) is -0.545. The van der Waals surface area contributed by atoms with Crippen LogP contribution in [0, 0.1) is 0 Å². The SMILES string of the molecule is O=S(=O)(O)c1nc2c(S(=O)(=O)O)c(S(=O)(=O)O)c(S(=O)(=O)O)c(-c3ccccc3)c2[nH]1.[Na].[Na]. The fraction of sp³-hybridized carbons (Fsp3) is 0. The molecular weight excluding hydrogens is 550 g/mol. The molecule has 1 heterocycles. The van der Waals surface area contributed by atoms with Crippen LogP contribution < -0.4 is 0 Å². The third-order valence-electron chi connectivity index (χ3n) is 3.87. The minimum Gasteiger partial charge on any atom is -0.326 e. The minimum absolute atomic E-state index is 0. The second kappa shape index (κ2) is 9.90. The third kappa shape index (κ3) is 6.04. The summed E-state index contributed by atoms with van der Waals surface area (Å²) in [4.78, 5) is -0.328. The molecule has 0 unspecified atom stereocenters. The smallest absolute Gasteiger partial charge is 0.326 e. The maximum Gasteiger partial charge on any atom is 0.328 e. The molecule has 3 rings (SSSR count). The number of rotatable bonds is 5. The Morgan fingerprint density at radius 3 is 1.48 bits per heavy atom. The van der Waals surface area contributed by atoms with Crippen molar-refractivity contribution in [1.29, 1.82) is 0 Å². The molecule has 0 aliphatic rings. The number of hydrogen-bond donors (Lipinski definition) is 5. The molecule has 33 heavy (non-hydrogen) atoms. The molecule has 170 valence electrons. The minimum atomic E-state index is -5.82. The maximum absolute atomic E-state index is 12.1. The van der Waals surface area contributed by atoms with Crippen molar-refractivity contribution >= 4 is 111 Å². The summed E-state index contributed by atoms with van der Waals surface area (Å²) in [5, 5.41) is -1.35. The van der Waals surface area contributed by atoms with Crippen molar-refractivity contribution in [3.63, 3.8) is 0 Å². The van der Waals surface area contributed by atoms with Gasteiger partial charge >= 0.3 is 10.1 Å². The first-order chi connectivity index (χ1) is 13.9. The van der Waals surface area contributed by atoms with Gasteiger partial charge in [-0.15, -0.1) is 0 Å². The Bertz CT molecular complexity index is 1660. The van der Waals surface area contributed by atoms with E-state index in [0.29, 0.717) is 0 Å². The number of benzene rings is 2. The Morgan fingerprint density at radius 1 is 0.636 bits per heavy atom. The van der Waals surface area contributed by atoms with Crippen LogP contribution in [-0.2, 0) is 40.5 Å². The first-order valence-electron chi connectivity index (χ1n) is 7.49. The van der Waals surface area contributed by atoms with Gasteiger partial charge in [0.1, 0.15) is 20.2 Å². The molecule has 0 amide bonds. The molecule has 0 atom stereocenters. The van der Waals surface area contributed by atoms with Crippen LogP contribution in [0.2, 0.25) is 0 Å². The normalized spacial score (nSPS) is 12.7. The van der Waals surface area contributed by atoms with E-state index in [9.17, 15) is 51.9 Å². The summed E-state index contributed by atoms with van der Waals surface area (Å²) in [5.41, 5.74) is -3.00. The van der Waals surface area contributed by atoms with Crippen molar-refractivity contribution in [2.45, 2.75) is 19.8 Å². The second-order valence-electron chi connectivity index (χ2n) is 5.89. The van der Waals surface area contributed by atoms with Gasteiger partial charge < -0.3 is 4.98 Å². The molecule has 0 bridgehead atoms. The maximum atomic E-state index is 12.1. The molecule has 0 aliphatic carbocycles. The number of nitrogens with zero attached hydrogens (tertiary/aromatic N) is 1. The van der Waals surface area contributed by atoms with Gasteiger partial charge in [0.25, 0.3) is 35.5 Å². The molecule has 2 aromatic carbocycles. The van der Waals surface area contributed by atoms with Gasteiger partial charge in [0.05, 0.1) is 5.52 Å². The van der Waals surface area contributed by atoms with Gasteiger partial charge in [-0.1, -0.05) is 30.3 Å². The van der Waals surface area contributed by atoms with Crippen molar-refractivity contribution in [2.24, 2.45) is 0 Å². The number of imidazole rings is 1. The predicted molar refractivity (Wildman–Crippen MR) is 112 cm³/mol. The molecule has 1 aromatic heterocycles. The quantitative estimate of drug-likeness (QED) is 0.194. The zero-order chi connectivity index (χ0) is 23.6. The Labute approximate surface area is 231 Å². The first-order valence-corrected chi connectivity index (χ1v) is 13.2. The Balaban J connectivity index is 0.00000272. The monoisotopic (exact) mass is 560 g/mol. The van der Waals surface area contributed by atoms with Crippen molar-refractivity contribution < 1.29 is 51.9 Å².